The number of allylic oxidation sites excluding steroid dienone is 1. The Balaban J connectivity index is 2.03. The smallest absolute Gasteiger partial charge is 0.327 e. The summed E-state index contributed by atoms with van der Waals surface area (Å²) < 4.78 is 27.1. The maximum absolute atomic E-state index is 14.0. The normalized spacial score (nSPS) is 19.3. The van der Waals surface area contributed by atoms with Gasteiger partial charge in [0.25, 0.3) is 0 Å². The van der Waals surface area contributed by atoms with Crippen molar-refractivity contribution in [2.24, 2.45) is 0 Å². The lowest BCUT2D eigenvalue weighted by Gasteiger charge is -2.25. The Morgan fingerprint density at radius 1 is 1.22 bits per heavy atom. The molecule has 0 bridgehead atoms. The third-order valence-corrected chi connectivity index (χ3v) is 5.00. The fourth-order valence-electron chi connectivity index (χ4n) is 3.74. The van der Waals surface area contributed by atoms with Crippen molar-refractivity contribution in [2.45, 2.75) is 25.3 Å². The summed E-state index contributed by atoms with van der Waals surface area (Å²) in [6, 6.07) is 11.4. The Morgan fingerprint density at radius 3 is 2.41 bits per heavy atom. The number of benzene rings is 2. The molecular formula is C21H18F2N2O2. The number of carboxylic acid groups (broad SMARTS) is 1. The quantitative estimate of drug-likeness (QED) is 0.874. The number of nitriles is 1. The van der Waals surface area contributed by atoms with E-state index in [-0.39, 0.29) is 5.56 Å². The van der Waals surface area contributed by atoms with Crippen molar-refractivity contribution >= 4 is 5.97 Å². The SMILES string of the molecule is CCC1=C(C#N)C(c2ccc(-c3ccc(F)cc3F)cc2)C(C(=O)O)N1C. The lowest BCUT2D eigenvalue weighted by Crippen LogP contribution is -2.37. The van der Waals surface area contributed by atoms with E-state index in [1.165, 1.54) is 12.1 Å². The maximum Gasteiger partial charge on any atom is 0.327 e. The van der Waals surface area contributed by atoms with Crippen LogP contribution < -0.4 is 0 Å². The highest BCUT2D eigenvalue weighted by Gasteiger charge is 2.43. The highest BCUT2D eigenvalue weighted by molar-refractivity contribution is 5.78. The lowest BCUT2D eigenvalue weighted by atomic mass is 9.86. The fourth-order valence-corrected chi connectivity index (χ4v) is 3.74. The van der Waals surface area contributed by atoms with Crippen LogP contribution >= 0.6 is 0 Å². The second kappa shape index (κ2) is 7.20. The van der Waals surface area contributed by atoms with Gasteiger partial charge in [-0.2, -0.15) is 5.26 Å². The van der Waals surface area contributed by atoms with Gasteiger partial charge in [-0.25, -0.2) is 13.6 Å². The summed E-state index contributed by atoms with van der Waals surface area (Å²) in [7, 11) is 1.68. The molecule has 0 aromatic heterocycles. The average Bonchev–Trinajstić information content (AvgIpc) is 2.93. The molecule has 6 heteroatoms. The molecule has 1 N–H and O–H groups in total. The molecule has 0 amide bonds. The lowest BCUT2D eigenvalue weighted by molar-refractivity contribution is -0.142. The van der Waals surface area contributed by atoms with Gasteiger partial charge < -0.3 is 10.0 Å². The molecule has 4 nitrogen and oxygen atoms in total. The number of aliphatic carboxylic acids is 1. The van der Waals surface area contributed by atoms with Gasteiger partial charge >= 0.3 is 5.97 Å². The summed E-state index contributed by atoms with van der Waals surface area (Å²) in [6.45, 7) is 1.88. The monoisotopic (exact) mass is 368 g/mol. The average molecular weight is 368 g/mol. The van der Waals surface area contributed by atoms with Gasteiger partial charge in [0.1, 0.15) is 17.7 Å². The first-order valence-electron chi connectivity index (χ1n) is 8.53. The molecule has 1 aliphatic heterocycles. The molecule has 2 atom stereocenters. The predicted molar refractivity (Wildman–Crippen MR) is 96.7 cm³/mol. The van der Waals surface area contributed by atoms with Gasteiger partial charge in [0.05, 0.1) is 17.6 Å². The number of rotatable bonds is 4. The topological polar surface area (TPSA) is 64.3 Å². The summed E-state index contributed by atoms with van der Waals surface area (Å²) in [5.41, 5.74) is 2.62. The number of carbonyl (C=O) groups is 1. The molecular weight excluding hydrogens is 350 g/mol. The largest absolute Gasteiger partial charge is 0.480 e. The van der Waals surface area contributed by atoms with Crippen molar-refractivity contribution in [2.75, 3.05) is 7.05 Å². The zero-order valence-corrected chi connectivity index (χ0v) is 14.9. The molecule has 2 unspecified atom stereocenters. The fraction of sp³-hybridized carbons (Fsp3) is 0.238. The molecule has 2 aromatic rings. The number of hydrogen-bond donors (Lipinski definition) is 1. The van der Waals surface area contributed by atoms with Crippen LogP contribution in [-0.4, -0.2) is 29.1 Å². The number of likely N-dealkylation sites (N-methyl/N-ethyl adjacent to an activating group) is 1. The molecule has 27 heavy (non-hydrogen) atoms. The zero-order valence-electron chi connectivity index (χ0n) is 14.9. The molecule has 2 aromatic carbocycles. The highest BCUT2D eigenvalue weighted by atomic mass is 19.1. The summed E-state index contributed by atoms with van der Waals surface area (Å²) in [5, 5.41) is 19.3. The van der Waals surface area contributed by atoms with Crippen LogP contribution in [0, 0.1) is 23.0 Å². The Labute approximate surface area is 156 Å². The van der Waals surface area contributed by atoms with E-state index in [1.807, 2.05) is 6.92 Å². The molecule has 0 aliphatic carbocycles. The number of nitrogens with zero attached hydrogens (tertiary/aromatic N) is 2. The summed E-state index contributed by atoms with van der Waals surface area (Å²) in [6.07, 6.45) is 0.554. The third-order valence-electron chi connectivity index (χ3n) is 5.00. The van der Waals surface area contributed by atoms with Crippen LogP contribution in [0.5, 0.6) is 0 Å². The van der Waals surface area contributed by atoms with E-state index < -0.39 is 29.6 Å². The standard InChI is InChI=1S/C21H18F2N2O2/c1-3-18-16(11-24)19(20(21(26)27)25(18)2)13-6-4-12(5-7-13)15-9-8-14(22)10-17(15)23/h4-10,19-20H,3H2,1-2H3,(H,26,27). The van der Waals surface area contributed by atoms with E-state index in [0.717, 1.165) is 6.07 Å². The zero-order chi connectivity index (χ0) is 19.7. The van der Waals surface area contributed by atoms with Gasteiger partial charge in [-0.1, -0.05) is 31.2 Å². The van der Waals surface area contributed by atoms with Crippen LogP contribution in [0.4, 0.5) is 8.78 Å². The molecule has 0 fully saturated rings. The molecule has 138 valence electrons. The Morgan fingerprint density at radius 2 is 1.89 bits per heavy atom. The summed E-state index contributed by atoms with van der Waals surface area (Å²) in [5.74, 6) is -2.92. The van der Waals surface area contributed by atoms with Gasteiger partial charge in [-0.3, -0.25) is 0 Å². The maximum atomic E-state index is 14.0. The molecule has 1 aliphatic rings. The van der Waals surface area contributed by atoms with E-state index >= 15 is 0 Å². The van der Waals surface area contributed by atoms with Crippen molar-refractivity contribution in [1.29, 1.82) is 5.26 Å². The van der Waals surface area contributed by atoms with Crippen LogP contribution in [-0.2, 0) is 4.79 Å². The molecule has 0 saturated carbocycles. The van der Waals surface area contributed by atoms with Crippen molar-refractivity contribution in [3.05, 3.63) is 70.9 Å². The van der Waals surface area contributed by atoms with E-state index in [4.69, 9.17) is 0 Å². The second-order valence-corrected chi connectivity index (χ2v) is 6.44. The van der Waals surface area contributed by atoms with Crippen LogP contribution in [0.15, 0.2) is 53.7 Å². The van der Waals surface area contributed by atoms with Gasteiger partial charge in [-0.05, 0) is 29.7 Å². The van der Waals surface area contributed by atoms with Crippen molar-refractivity contribution in [1.82, 2.24) is 4.90 Å². The first-order chi connectivity index (χ1) is 12.9. The minimum Gasteiger partial charge on any atom is -0.480 e. The molecule has 0 spiro atoms. The van der Waals surface area contributed by atoms with Crippen LogP contribution in [0.25, 0.3) is 11.1 Å². The number of halogens is 2. The Hall–Kier alpha value is -3.20. The highest BCUT2D eigenvalue weighted by Crippen LogP contribution is 2.41. The van der Waals surface area contributed by atoms with Crippen molar-refractivity contribution in [3.63, 3.8) is 0 Å². The van der Waals surface area contributed by atoms with E-state index in [2.05, 4.69) is 6.07 Å². The number of carboxylic acids is 1. The molecule has 0 saturated heterocycles. The van der Waals surface area contributed by atoms with Crippen LogP contribution in [0.3, 0.4) is 0 Å². The van der Waals surface area contributed by atoms with Crippen molar-refractivity contribution < 1.29 is 18.7 Å². The molecule has 1 heterocycles. The molecule has 0 radical (unpaired) electrons. The number of hydrogen-bond acceptors (Lipinski definition) is 3. The van der Waals surface area contributed by atoms with E-state index in [0.29, 0.717) is 28.8 Å². The van der Waals surface area contributed by atoms with Crippen LogP contribution in [0.1, 0.15) is 24.8 Å². The second-order valence-electron chi connectivity index (χ2n) is 6.44. The molecule has 3 rings (SSSR count). The summed E-state index contributed by atoms with van der Waals surface area (Å²) in [4.78, 5) is 13.5. The van der Waals surface area contributed by atoms with Gasteiger partial charge in [-0.15, -0.1) is 0 Å². The van der Waals surface area contributed by atoms with Crippen molar-refractivity contribution in [3.8, 4) is 17.2 Å². The Bertz CT molecular complexity index is 961. The third kappa shape index (κ3) is 3.17. The predicted octanol–water partition coefficient (Wildman–Crippen LogP) is 4.30. The van der Waals surface area contributed by atoms with E-state index in [1.54, 1.807) is 36.2 Å². The van der Waals surface area contributed by atoms with Gasteiger partial charge in [0.15, 0.2) is 0 Å². The van der Waals surface area contributed by atoms with Gasteiger partial charge in [0, 0.05) is 24.4 Å². The Kier molecular flexibility index (Phi) is 4.95. The first kappa shape index (κ1) is 18.6. The minimum atomic E-state index is -1.01. The van der Waals surface area contributed by atoms with Crippen LogP contribution in [0.2, 0.25) is 0 Å². The van der Waals surface area contributed by atoms with E-state index in [9.17, 15) is 23.9 Å². The summed E-state index contributed by atoms with van der Waals surface area (Å²) >= 11 is 0. The first-order valence-corrected chi connectivity index (χ1v) is 8.53. The minimum absolute atomic E-state index is 0.256. The van der Waals surface area contributed by atoms with Gasteiger partial charge in [0.2, 0.25) is 0 Å².